The third-order valence-electron chi connectivity index (χ3n) is 11.9. The molecule has 4 nitrogen and oxygen atoms in total. The molecule has 0 bridgehead atoms. The zero-order valence-corrected chi connectivity index (χ0v) is 25.8. The summed E-state index contributed by atoms with van der Waals surface area (Å²) >= 11 is 6.03. The summed E-state index contributed by atoms with van der Waals surface area (Å²) in [6, 6.07) is 7.47. The van der Waals surface area contributed by atoms with Crippen LogP contribution in [-0.4, -0.2) is 24.2 Å². The van der Waals surface area contributed by atoms with Gasteiger partial charge in [-0.2, -0.15) is 0 Å². The van der Waals surface area contributed by atoms with Crippen molar-refractivity contribution >= 4 is 17.3 Å². The second-order valence-corrected chi connectivity index (χ2v) is 14.3. The predicted octanol–water partition coefficient (Wildman–Crippen LogP) is 9.39. The molecule has 5 aliphatic rings. The van der Waals surface area contributed by atoms with Gasteiger partial charge in [-0.05, 0) is 124 Å². The van der Waals surface area contributed by atoms with E-state index >= 15 is 0 Å². The van der Waals surface area contributed by atoms with Crippen molar-refractivity contribution < 1.29 is 14.3 Å². The standard InChI is InChI=1S/C35H48ClNO3/c1-6-32-22(2)7-16-33(39-32)38-27-17-19-34(4)24(21-27)8-13-28-30-15-14-29(35(30,5)20-18-31(28)34)23(3)37-40-26-11-9-25(36)10-12-26/h7-12,16,22,27-33H,6,13-15,17-21H2,1-5H3/b37-23+/t22-,27-,28?,29+,30?,31?,32+,33?,34-,35+/m0/s1. The van der Waals surface area contributed by atoms with Gasteiger partial charge in [0.15, 0.2) is 12.0 Å². The Hall–Kier alpha value is -1.62. The van der Waals surface area contributed by atoms with Crippen LogP contribution in [0.1, 0.15) is 92.4 Å². The molecule has 3 saturated carbocycles. The van der Waals surface area contributed by atoms with Crippen molar-refractivity contribution in [3.05, 3.63) is 53.1 Å². The van der Waals surface area contributed by atoms with Crippen LogP contribution in [0.3, 0.4) is 0 Å². The van der Waals surface area contributed by atoms with Crippen molar-refractivity contribution in [2.75, 3.05) is 0 Å². The number of oxime groups is 1. The van der Waals surface area contributed by atoms with Gasteiger partial charge < -0.3 is 14.3 Å². The molecule has 10 atom stereocenters. The lowest BCUT2D eigenvalue weighted by molar-refractivity contribution is -0.188. The van der Waals surface area contributed by atoms with Gasteiger partial charge in [-0.15, -0.1) is 0 Å². The number of allylic oxidation sites excluding steroid dienone is 1. The highest BCUT2D eigenvalue weighted by molar-refractivity contribution is 6.30. The van der Waals surface area contributed by atoms with E-state index in [0.29, 0.717) is 27.7 Å². The van der Waals surface area contributed by atoms with Crippen LogP contribution in [0.25, 0.3) is 0 Å². The minimum Gasteiger partial charge on any atom is -0.357 e. The molecule has 0 radical (unpaired) electrons. The highest BCUT2D eigenvalue weighted by Gasteiger charge is 2.59. The minimum absolute atomic E-state index is 0.188. The van der Waals surface area contributed by atoms with Crippen LogP contribution in [-0.2, 0) is 9.47 Å². The molecular weight excluding hydrogens is 518 g/mol. The summed E-state index contributed by atoms with van der Waals surface area (Å²) < 4.78 is 12.8. The molecule has 5 heteroatoms. The van der Waals surface area contributed by atoms with Gasteiger partial charge in [0.05, 0.1) is 17.9 Å². The van der Waals surface area contributed by atoms with Crippen LogP contribution in [0, 0.1) is 40.4 Å². The minimum atomic E-state index is -0.188. The van der Waals surface area contributed by atoms with Crippen LogP contribution in [0.5, 0.6) is 5.75 Å². The zero-order valence-electron chi connectivity index (χ0n) is 25.1. The number of halogens is 1. The molecule has 218 valence electrons. The fourth-order valence-electron chi connectivity index (χ4n) is 9.58. The molecule has 40 heavy (non-hydrogen) atoms. The van der Waals surface area contributed by atoms with Crippen LogP contribution >= 0.6 is 11.6 Å². The fourth-order valence-corrected chi connectivity index (χ4v) is 9.71. The maximum atomic E-state index is 6.55. The lowest BCUT2D eigenvalue weighted by Crippen LogP contribution is -2.51. The lowest BCUT2D eigenvalue weighted by atomic mass is 9.47. The Morgan fingerprint density at radius 1 is 1.05 bits per heavy atom. The van der Waals surface area contributed by atoms with Gasteiger partial charge in [0.1, 0.15) is 0 Å². The summed E-state index contributed by atoms with van der Waals surface area (Å²) in [4.78, 5) is 5.83. The SMILES string of the molecule is CC[C@H]1OC(O[C@H]2CC[C@@]3(C)C(=CCC4C3CC[C@@]3(C)C4CC[C@@H]3/C(C)=N/Oc3ccc(Cl)cc3)C2)C=C[C@@H]1C. The molecule has 0 aromatic heterocycles. The highest BCUT2D eigenvalue weighted by atomic mass is 35.5. The van der Waals surface area contributed by atoms with E-state index in [4.69, 9.17) is 25.9 Å². The molecule has 6 rings (SSSR count). The fraction of sp³-hybridized carbons (Fsp3) is 0.686. The summed E-state index contributed by atoms with van der Waals surface area (Å²) in [5, 5.41) is 5.34. The van der Waals surface area contributed by atoms with Gasteiger partial charge >= 0.3 is 0 Å². The molecule has 4 unspecified atom stereocenters. The summed E-state index contributed by atoms with van der Waals surface area (Å²) in [5.41, 5.74) is 3.43. The number of hydrogen-bond acceptors (Lipinski definition) is 4. The third kappa shape index (κ3) is 5.11. The van der Waals surface area contributed by atoms with Crippen LogP contribution in [0.2, 0.25) is 5.02 Å². The van der Waals surface area contributed by atoms with E-state index in [-0.39, 0.29) is 18.5 Å². The number of benzene rings is 1. The van der Waals surface area contributed by atoms with Gasteiger partial charge in [0.25, 0.3) is 0 Å². The molecule has 4 aliphatic carbocycles. The summed E-state index contributed by atoms with van der Waals surface area (Å²) in [6.45, 7) is 11.8. The molecule has 1 aliphatic heterocycles. The summed E-state index contributed by atoms with van der Waals surface area (Å²) in [5.74, 6) is 4.02. The Morgan fingerprint density at radius 3 is 2.62 bits per heavy atom. The molecule has 0 N–H and O–H groups in total. The van der Waals surface area contributed by atoms with Gasteiger partial charge in [0.2, 0.25) is 0 Å². The van der Waals surface area contributed by atoms with Crippen LogP contribution in [0.4, 0.5) is 0 Å². The van der Waals surface area contributed by atoms with E-state index in [1.165, 1.54) is 38.5 Å². The maximum Gasteiger partial charge on any atom is 0.177 e. The van der Waals surface area contributed by atoms with E-state index < -0.39 is 0 Å². The van der Waals surface area contributed by atoms with Gasteiger partial charge in [-0.1, -0.05) is 62.2 Å². The number of hydrogen-bond donors (Lipinski definition) is 0. The summed E-state index contributed by atoms with van der Waals surface area (Å²) in [6.07, 6.45) is 18.2. The number of ether oxygens (including phenoxy) is 2. The largest absolute Gasteiger partial charge is 0.357 e. The molecule has 0 amide bonds. The first kappa shape index (κ1) is 28.5. The second kappa shape index (κ2) is 11.2. The van der Waals surface area contributed by atoms with Crippen molar-refractivity contribution in [1.29, 1.82) is 0 Å². The molecule has 1 aromatic carbocycles. The first-order valence-corrected chi connectivity index (χ1v) is 16.2. The van der Waals surface area contributed by atoms with E-state index in [0.717, 1.165) is 48.5 Å². The molecule has 1 aromatic rings. The van der Waals surface area contributed by atoms with Crippen molar-refractivity contribution in [1.82, 2.24) is 0 Å². The van der Waals surface area contributed by atoms with Gasteiger partial charge in [0, 0.05) is 16.9 Å². The van der Waals surface area contributed by atoms with Crippen LogP contribution in [0.15, 0.2) is 53.2 Å². The summed E-state index contributed by atoms with van der Waals surface area (Å²) in [7, 11) is 0. The number of nitrogens with zero attached hydrogens (tertiary/aromatic N) is 1. The van der Waals surface area contributed by atoms with Crippen molar-refractivity contribution in [3.63, 3.8) is 0 Å². The Balaban J connectivity index is 1.13. The first-order valence-electron chi connectivity index (χ1n) is 15.9. The quantitative estimate of drug-likeness (QED) is 0.196. The predicted molar refractivity (Wildman–Crippen MR) is 163 cm³/mol. The lowest BCUT2D eigenvalue weighted by Gasteiger charge is -2.58. The van der Waals surface area contributed by atoms with Crippen molar-refractivity contribution in [2.45, 2.75) is 111 Å². The molecule has 3 fully saturated rings. The molecule has 0 saturated heterocycles. The Bertz CT molecular complexity index is 1160. The molecule has 0 spiro atoms. The second-order valence-electron chi connectivity index (χ2n) is 13.9. The van der Waals surface area contributed by atoms with Gasteiger partial charge in [-0.25, -0.2) is 0 Å². The van der Waals surface area contributed by atoms with Crippen LogP contribution < -0.4 is 4.84 Å². The average molecular weight is 566 g/mol. The topological polar surface area (TPSA) is 40.0 Å². The van der Waals surface area contributed by atoms with Crippen molar-refractivity contribution in [2.24, 2.45) is 45.6 Å². The maximum absolute atomic E-state index is 6.55. The monoisotopic (exact) mass is 565 g/mol. The van der Waals surface area contributed by atoms with Gasteiger partial charge in [-0.3, -0.25) is 0 Å². The molecule has 1 heterocycles. The van der Waals surface area contributed by atoms with Crippen molar-refractivity contribution in [3.8, 4) is 5.75 Å². The normalized spacial score (nSPS) is 43.0. The van der Waals surface area contributed by atoms with E-state index in [1.807, 2.05) is 24.3 Å². The van der Waals surface area contributed by atoms with E-state index in [2.05, 4.69) is 58.0 Å². The smallest absolute Gasteiger partial charge is 0.177 e. The highest BCUT2D eigenvalue weighted by Crippen LogP contribution is 2.66. The van der Waals surface area contributed by atoms with E-state index in [1.54, 1.807) is 5.57 Å². The average Bonchev–Trinajstić information content (AvgIpc) is 3.31. The van der Waals surface area contributed by atoms with E-state index in [9.17, 15) is 0 Å². The third-order valence-corrected chi connectivity index (χ3v) is 12.1. The number of fused-ring (bicyclic) bond motifs is 5. The number of rotatable bonds is 6. The Morgan fingerprint density at radius 2 is 1.85 bits per heavy atom. The molecular formula is C35H48ClNO3. The zero-order chi connectivity index (χ0) is 28.1. The first-order chi connectivity index (χ1) is 19.2. The Labute approximate surface area is 246 Å². The Kier molecular flexibility index (Phi) is 8.00.